The Morgan fingerprint density at radius 1 is 1.08 bits per heavy atom. The molecule has 3 aromatic rings. The molecule has 2 atom stereocenters. The molecule has 0 aliphatic rings. The molecule has 0 aliphatic carbocycles. The van der Waals surface area contributed by atoms with E-state index in [4.69, 9.17) is 27.7 Å². The van der Waals surface area contributed by atoms with Crippen LogP contribution in [-0.2, 0) is 30.1 Å². The number of benzene rings is 3. The SMILES string of the molecule is COP(=O)(/C=C/c1cc(Cl)c(C(=O)N[C@@H](Cc2cccc(S(C)(=O)=O)c2)C(=O)O)c(Cl)c1)c1cccc(O)c1. The summed E-state index contributed by atoms with van der Waals surface area (Å²) in [5, 5.41) is 21.8. The molecule has 3 rings (SSSR count). The molecule has 1 amide bonds. The van der Waals surface area contributed by atoms with Crippen molar-refractivity contribution < 1.29 is 37.3 Å². The third-order valence-electron chi connectivity index (χ3n) is 5.59. The first kappa shape index (κ1) is 30.4. The number of rotatable bonds is 10. The van der Waals surface area contributed by atoms with Crippen molar-refractivity contribution in [2.24, 2.45) is 0 Å². The summed E-state index contributed by atoms with van der Waals surface area (Å²) in [6.45, 7) is 0. The summed E-state index contributed by atoms with van der Waals surface area (Å²) in [7, 11) is -5.74. The number of aromatic hydroxyl groups is 1. The summed E-state index contributed by atoms with van der Waals surface area (Å²) in [4.78, 5) is 24.8. The summed E-state index contributed by atoms with van der Waals surface area (Å²) in [5.41, 5.74) is 0.596. The second-order valence-corrected chi connectivity index (χ2v) is 13.7. The van der Waals surface area contributed by atoms with Gasteiger partial charge in [0.25, 0.3) is 13.3 Å². The van der Waals surface area contributed by atoms with Gasteiger partial charge in [-0.1, -0.05) is 41.4 Å². The summed E-state index contributed by atoms with van der Waals surface area (Å²) >= 11 is 12.6. The number of carboxylic acid groups (broad SMARTS) is 1. The van der Waals surface area contributed by atoms with E-state index in [1.165, 1.54) is 73.6 Å². The molecule has 1 unspecified atom stereocenters. The number of aliphatic carboxylic acids is 1. The standard InChI is InChI=1S/C26H24Cl2NO8PS/c1-37-38(34,19-7-4-6-18(30)15-19)10-9-17-12-21(27)24(22(28)13-17)25(31)29-23(26(32)33)14-16-5-3-8-20(11-16)39(2,35)36/h3-13,15,23,30H,14H2,1-2H3,(H,29,31)(H,32,33)/b10-9+/t23-,38?/m0/s1. The molecule has 3 N–H and O–H groups in total. The number of amides is 1. The first-order valence-electron chi connectivity index (χ1n) is 11.2. The Morgan fingerprint density at radius 2 is 1.72 bits per heavy atom. The first-order valence-corrected chi connectivity index (χ1v) is 15.5. The van der Waals surface area contributed by atoms with Crippen LogP contribution in [0.4, 0.5) is 0 Å². The minimum Gasteiger partial charge on any atom is -0.508 e. The van der Waals surface area contributed by atoms with Crippen molar-refractivity contribution in [2.45, 2.75) is 17.4 Å². The quantitative estimate of drug-likeness (QED) is 0.278. The number of hydrogen-bond acceptors (Lipinski definition) is 7. The van der Waals surface area contributed by atoms with Crippen LogP contribution in [0.1, 0.15) is 21.5 Å². The van der Waals surface area contributed by atoms with Gasteiger partial charge in [-0.15, -0.1) is 0 Å². The number of carbonyl (C=O) groups is 2. The first-order chi connectivity index (χ1) is 18.2. The van der Waals surface area contributed by atoms with Crippen LogP contribution < -0.4 is 10.6 Å². The minimum atomic E-state index is -3.51. The Bertz CT molecular complexity index is 1580. The summed E-state index contributed by atoms with van der Waals surface area (Å²) in [5.74, 6) is -0.978. The van der Waals surface area contributed by atoms with Crippen molar-refractivity contribution in [3.8, 4) is 5.75 Å². The number of phenols is 1. The van der Waals surface area contributed by atoms with Crippen LogP contribution in [0.3, 0.4) is 0 Å². The molecule has 0 aromatic heterocycles. The number of nitrogens with one attached hydrogen (secondary N) is 1. The Kier molecular flexibility index (Phi) is 9.64. The predicted molar refractivity (Wildman–Crippen MR) is 150 cm³/mol. The second-order valence-electron chi connectivity index (χ2n) is 8.46. The smallest absolute Gasteiger partial charge is 0.326 e. The highest BCUT2D eigenvalue weighted by Gasteiger charge is 2.25. The number of carboxylic acids is 1. The number of carbonyl (C=O) groups excluding carboxylic acids is 1. The Hall–Kier alpha value is -3.14. The predicted octanol–water partition coefficient (Wildman–Crippen LogP) is 4.75. The highest BCUT2D eigenvalue weighted by atomic mass is 35.5. The lowest BCUT2D eigenvalue weighted by atomic mass is 10.0. The number of sulfone groups is 1. The van der Waals surface area contributed by atoms with Gasteiger partial charge in [-0.2, -0.15) is 0 Å². The molecular formula is C26H24Cl2NO8PS. The van der Waals surface area contributed by atoms with E-state index in [0.29, 0.717) is 11.1 Å². The molecule has 9 nitrogen and oxygen atoms in total. The normalized spacial score (nSPS) is 14.1. The Morgan fingerprint density at radius 3 is 2.28 bits per heavy atom. The lowest BCUT2D eigenvalue weighted by Crippen LogP contribution is -2.42. The summed E-state index contributed by atoms with van der Waals surface area (Å²) < 4.78 is 42.1. The topological polar surface area (TPSA) is 147 Å². The molecule has 206 valence electrons. The van der Waals surface area contributed by atoms with E-state index in [1.807, 2.05) is 0 Å². The van der Waals surface area contributed by atoms with Crippen LogP contribution in [0.5, 0.6) is 5.75 Å². The fourth-order valence-electron chi connectivity index (χ4n) is 3.60. The van der Waals surface area contributed by atoms with Gasteiger partial charge in [0, 0.05) is 30.9 Å². The molecule has 0 saturated carbocycles. The zero-order valence-corrected chi connectivity index (χ0v) is 23.9. The fourth-order valence-corrected chi connectivity index (χ4v) is 6.44. The molecule has 0 saturated heterocycles. The Balaban J connectivity index is 1.84. The lowest BCUT2D eigenvalue weighted by Gasteiger charge is -2.17. The van der Waals surface area contributed by atoms with Crippen LogP contribution in [0.15, 0.2) is 71.4 Å². The van der Waals surface area contributed by atoms with Crippen molar-refractivity contribution in [2.75, 3.05) is 13.4 Å². The largest absolute Gasteiger partial charge is 0.508 e. The van der Waals surface area contributed by atoms with E-state index in [2.05, 4.69) is 5.32 Å². The van der Waals surface area contributed by atoms with Crippen molar-refractivity contribution in [3.63, 3.8) is 0 Å². The van der Waals surface area contributed by atoms with Gasteiger partial charge in [-0.25, -0.2) is 13.2 Å². The summed E-state index contributed by atoms with van der Waals surface area (Å²) in [6, 6.07) is 12.9. The maximum atomic E-state index is 13.2. The average Bonchev–Trinajstić information content (AvgIpc) is 2.86. The van der Waals surface area contributed by atoms with Gasteiger partial charge in [0.15, 0.2) is 9.84 Å². The molecular weight excluding hydrogens is 588 g/mol. The molecule has 3 aromatic carbocycles. The number of hydrogen-bond donors (Lipinski definition) is 3. The zero-order chi connectivity index (χ0) is 29.0. The second kappa shape index (κ2) is 12.4. The molecule has 0 radical (unpaired) electrons. The van der Waals surface area contributed by atoms with Gasteiger partial charge in [-0.05, 0) is 59.7 Å². The van der Waals surface area contributed by atoms with Gasteiger partial charge in [0.05, 0.1) is 20.5 Å². The van der Waals surface area contributed by atoms with Crippen LogP contribution in [0.2, 0.25) is 10.0 Å². The molecule has 13 heteroatoms. The van der Waals surface area contributed by atoms with Crippen molar-refractivity contribution >= 4 is 63.7 Å². The van der Waals surface area contributed by atoms with Gasteiger partial charge in [-0.3, -0.25) is 9.36 Å². The van der Waals surface area contributed by atoms with Gasteiger partial charge in [0.2, 0.25) is 0 Å². The minimum absolute atomic E-state index is 0.0206. The van der Waals surface area contributed by atoms with Crippen LogP contribution in [0.25, 0.3) is 6.08 Å². The third-order valence-corrected chi connectivity index (χ3v) is 9.37. The van der Waals surface area contributed by atoms with E-state index >= 15 is 0 Å². The van der Waals surface area contributed by atoms with E-state index in [9.17, 15) is 32.8 Å². The van der Waals surface area contributed by atoms with Crippen molar-refractivity contribution in [1.29, 1.82) is 0 Å². The average molecular weight is 612 g/mol. The fraction of sp³-hybridized carbons (Fsp3) is 0.154. The monoisotopic (exact) mass is 611 g/mol. The van der Waals surface area contributed by atoms with Gasteiger partial charge < -0.3 is 20.1 Å². The Labute approximate surface area is 235 Å². The maximum absolute atomic E-state index is 13.2. The van der Waals surface area contributed by atoms with Gasteiger partial charge >= 0.3 is 5.97 Å². The third kappa shape index (κ3) is 7.71. The van der Waals surface area contributed by atoms with E-state index in [-0.39, 0.29) is 38.0 Å². The van der Waals surface area contributed by atoms with Gasteiger partial charge in [0.1, 0.15) is 11.8 Å². The van der Waals surface area contributed by atoms with Crippen LogP contribution in [0, 0.1) is 0 Å². The molecule has 0 heterocycles. The lowest BCUT2D eigenvalue weighted by molar-refractivity contribution is -0.139. The number of phenolic OH excluding ortho intramolecular Hbond substituents is 1. The van der Waals surface area contributed by atoms with E-state index in [1.54, 1.807) is 6.07 Å². The van der Waals surface area contributed by atoms with E-state index in [0.717, 1.165) is 6.26 Å². The number of halogens is 2. The van der Waals surface area contributed by atoms with E-state index < -0.39 is 35.1 Å². The van der Waals surface area contributed by atoms with Crippen LogP contribution >= 0.6 is 30.6 Å². The zero-order valence-electron chi connectivity index (χ0n) is 20.7. The summed E-state index contributed by atoms with van der Waals surface area (Å²) in [6.07, 6.45) is 2.27. The molecule has 0 fully saturated rings. The molecule has 0 spiro atoms. The molecule has 0 bridgehead atoms. The molecule has 0 aliphatic heterocycles. The van der Waals surface area contributed by atoms with Crippen molar-refractivity contribution in [3.05, 3.63) is 93.2 Å². The highest BCUT2D eigenvalue weighted by Crippen LogP contribution is 2.47. The molecule has 39 heavy (non-hydrogen) atoms. The highest BCUT2D eigenvalue weighted by molar-refractivity contribution is 7.90. The van der Waals surface area contributed by atoms with Crippen LogP contribution in [-0.4, -0.2) is 49.9 Å². The maximum Gasteiger partial charge on any atom is 0.326 e. The van der Waals surface area contributed by atoms with Crippen molar-refractivity contribution in [1.82, 2.24) is 5.32 Å².